The highest BCUT2D eigenvalue weighted by atomic mass is 32.2. The number of carbonyl (C=O) groups is 1. The van der Waals surface area contributed by atoms with E-state index in [0.717, 1.165) is 11.3 Å². The molecule has 26 heavy (non-hydrogen) atoms. The molecule has 1 fully saturated rings. The highest BCUT2D eigenvalue weighted by Crippen LogP contribution is 2.46. The number of nitriles is 2. The summed E-state index contributed by atoms with van der Waals surface area (Å²) in [7, 11) is 0. The molecule has 0 bridgehead atoms. The van der Waals surface area contributed by atoms with E-state index >= 15 is 0 Å². The SMILES string of the molecule is CC(=O)OC1[C@H](N2CCSC2=NC#N)c2cc(C#N)ccc2OC1(C)C. The van der Waals surface area contributed by atoms with Crippen molar-refractivity contribution in [3.05, 3.63) is 29.3 Å². The van der Waals surface area contributed by atoms with Gasteiger partial charge in [0, 0.05) is 24.8 Å². The Hall–Kier alpha value is -2.71. The van der Waals surface area contributed by atoms with Crippen LogP contribution in [0.2, 0.25) is 0 Å². The summed E-state index contributed by atoms with van der Waals surface area (Å²) >= 11 is 1.48. The van der Waals surface area contributed by atoms with Crippen molar-refractivity contribution < 1.29 is 14.3 Å². The Morgan fingerprint density at radius 3 is 2.88 bits per heavy atom. The number of fused-ring (bicyclic) bond motifs is 1. The molecule has 0 saturated carbocycles. The molecular weight excluding hydrogens is 352 g/mol. The van der Waals surface area contributed by atoms with Crippen molar-refractivity contribution in [3.63, 3.8) is 0 Å². The van der Waals surface area contributed by atoms with Gasteiger partial charge in [-0.05, 0) is 32.0 Å². The second-order valence-corrected chi connectivity index (χ2v) is 7.64. The van der Waals surface area contributed by atoms with Crippen molar-refractivity contribution in [2.75, 3.05) is 12.3 Å². The first-order valence-electron chi connectivity index (χ1n) is 8.14. The van der Waals surface area contributed by atoms with Gasteiger partial charge < -0.3 is 14.4 Å². The molecule has 1 aromatic carbocycles. The first-order chi connectivity index (χ1) is 12.4. The summed E-state index contributed by atoms with van der Waals surface area (Å²) in [5.41, 5.74) is 0.453. The summed E-state index contributed by atoms with van der Waals surface area (Å²) in [6, 6.07) is 6.94. The molecule has 0 spiro atoms. The summed E-state index contributed by atoms with van der Waals surface area (Å²) in [6.45, 7) is 5.73. The van der Waals surface area contributed by atoms with Crippen LogP contribution < -0.4 is 4.74 Å². The molecule has 7 nitrogen and oxygen atoms in total. The number of hydrogen-bond acceptors (Lipinski definition) is 7. The van der Waals surface area contributed by atoms with Gasteiger partial charge in [0.2, 0.25) is 6.19 Å². The van der Waals surface area contributed by atoms with Crippen LogP contribution in [0.4, 0.5) is 0 Å². The van der Waals surface area contributed by atoms with Gasteiger partial charge in [-0.1, -0.05) is 11.8 Å². The molecule has 0 radical (unpaired) electrons. The van der Waals surface area contributed by atoms with E-state index in [-0.39, 0.29) is 0 Å². The largest absolute Gasteiger partial charge is 0.484 e. The molecule has 8 heteroatoms. The quantitative estimate of drug-likeness (QED) is 0.583. The summed E-state index contributed by atoms with van der Waals surface area (Å²) in [5, 5.41) is 18.9. The number of ether oxygens (including phenoxy) is 2. The zero-order valence-corrected chi connectivity index (χ0v) is 15.5. The minimum Gasteiger partial charge on any atom is -0.484 e. The second kappa shape index (κ2) is 6.89. The van der Waals surface area contributed by atoms with E-state index in [9.17, 15) is 10.1 Å². The molecule has 2 atom stereocenters. The van der Waals surface area contributed by atoms with Gasteiger partial charge in [0.15, 0.2) is 11.3 Å². The van der Waals surface area contributed by atoms with E-state index in [2.05, 4.69) is 11.1 Å². The van der Waals surface area contributed by atoms with Gasteiger partial charge in [-0.3, -0.25) is 4.79 Å². The van der Waals surface area contributed by atoms with Gasteiger partial charge >= 0.3 is 5.97 Å². The zero-order chi connectivity index (χ0) is 18.9. The van der Waals surface area contributed by atoms with Crippen LogP contribution in [0, 0.1) is 22.8 Å². The van der Waals surface area contributed by atoms with Crippen LogP contribution >= 0.6 is 11.8 Å². The molecule has 2 aliphatic heterocycles. The molecule has 0 amide bonds. The van der Waals surface area contributed by atoms with Crippen LogP contribution in [0.1, 0.15) is 37.9 Å². The Kier molecular flexibility index (Phi) is 4.80. The normalized spacial score (nSPS) is 25.0. The van der Waals surface area contributed by atoms with Crippen molar-refractivity contribution >= 4 is 22.9 Å². The number of hydrogen-bond donors (Lipinski definition) is 0. The highest BCUT2D eigenvalue weighted by Gasteiger charge is 2.50. The Bertz CT molecular complexity index is 853. The molecule has 2 aliphatic rings. The predicted molar refractivity (Wildman–Crippen MR) is 96.4 cm³/mol. The molecule has 1 saturated heterocycles. The van der Waals surface area contributed by atoms with Crippen LogP contribution in [0.5, 0.6) is 5.75 Å². The lowest BCUT2D eigenvalue weighted by Gasteiger charge is -2.47. The monoisotopic (exact) mass is 370 g/mol. The topological polar surface area (TPSA) is 98.7 Å². The van der Waals surface area contributed by atoms with Crippen molar-refractivity contribution in [2.24, 2.45) is 4.99 Å². The third kappa shape index (κ3) is 3.21. The van der Waals surface area contributed by atoms with E-state index in [0.29, 0.717) is 23.0 Å². The van der Waals surface area contributed by atoms with Crippen molar-refractivity contribution in [3.8, 4) is 18.0 Å². The van der Waals surface area contributed by atoms with Crippen molar-refractivity contribution in [1.82, 2.24) is 4.90 Å². The fourth-order valence-corrected chi connectivity index (χ4v) is 4.30. The van der Waals surface area contributed by atoms with Crippen LogP contribution in [-0.4, -0.2) is 40.0 Å². The molecule has 1 aromatic rings. The lowest BCUT2D eigenvalue weighted by Crippen LogP contribution is -2.55. The van der Waals surface area contributed by atoms with Crippen LogP contribution in [0.25, 0.3) is 0 Å². The molecule has 134 valence electrons. The summed E-state index contributed by atoms with van der Waals surface area (Å²) in [5.74, 6) is 0.996. The van der Waals surface area contributed by atoms with E-state index in [1.54, 1.807) is 18.2 Å². The molecular formula is C18H18N4O3S. The average Bonchev–Trinajstić information content (AvgIpc) is 3.03. The molecule has 0 aliphatic carbocycles. The molecule has 0 N–H and O–H groups in total. The Balaban J connectivity index is 2.17. The summed E-state index contributed by atoms with van der Waals surface area (Å²) < 4.78 is 11.7. The number of carbonyl (C=O) groups excluding carboxylic acids is 1. The highest BCUT2D eigenvalue weighted by molar-refractivity contribution is 8.14. The van der Waals surface area contributed by atoms with E-state index in [1.807, 2.05) is 24.9 Å². The lowest BCUT2D eigenvalue weighted by molar-refractivity contribution is -0.166. The number of esters is 1. The molecule has 0 aromatic heterocycles. The minimum absolute atomic E-state index is 0.395. The number of rotatable bonds is 2. The van der Waals surface area contributed by atoms with E-state index in [1.165, 1.54) is 18.7 Å². The number of thioether (sulfide) groups is 1. The molecule has 3 rings (SSSR count). The number of amidine groups is 1. The summed E-state index contributed by atoms with van der Waals surface area (Å²) in [4.78, 5) is 17.7. The maximum atomic E-state index is 11.8. The Morgan fingerprint density at radius 1 is 1.46 bits per heavy atom. The Morgan fingerprint density at radius 2 is 2.23 bits per heavy atom. The first-order valence-corrected chi connectivity index (χ1v) is 9.12. The molecule has 2 heterocycles. The molecule has 1 unspecified atom stereocenters. The zero-order valence-electron chi connectivity index (χ0n) is 14.7. The van der Waals surface area contributed by atoms with Gasteiger partial charge in [-0.25, -0.2) is 0 Å². The minimum atomic E-state index is -0.789. The van der Waals surface area contributed by atoms with Crippen LogP contribution in [-0.2, 0) is 9.53 Å². The van der Waals surface area contributed by atoms with Crippen LogP contribution in [0.15, 0.2) is 23.2 Å². The number of aliphatic imine (C=N–C) groups is 1. The third-order valence-electron chi connectivity index (χ3n) is 4.39. The average molecular weight is 370 g/mol. The van der Waals surface area contributed by atoms with E-state index < -0.39 is 23.7 Å². The van der Waals surface area contributed by atoms with Crippen LogP contribution in [0.3, 0.4) is 0 Å². The van der Waals surface area contributed by atoms with Gasteiger partial charge in [0.05, 0.1) is 11.6 Å². The van der Waals surface area contributed by atoms with Gasteiger partial charge in [-0.2, -0.15) is 10.5 Å². The lowest BCUT2D eigenvalue weighted by atomic mass is 9.85. The maximum Gasteiger partial charge on any atom is 0.303 e. The standard InChI is InChI=1S/C18H18N4O3S/c1-11(23)24-16-15(22-6-7-26-17(22)21-10-20)13-8-12(9-19)4-5-14(13)25-18(16,2)3/h4-5,8,15-16H,6-7H2,1-3H3/t15-,16?/m1/s1. The maximum absolute atomic E-state index is 11.8. The fourth-order valence-electron chi connectivity index (χ4n) is 3.35. The van der Waals surface area contributed by atoms with Gasteiger partial charge in [0.25, 0.3) is 0 Å². The van der Waals surface area contributed by atoms with E-state index in [4.69, 9.17) is 14.7 Å². The first kappa shape index (κ1) is 18.1. The van der Waals surface area contributed by atoms with Crippen molar-refractivity contribution in [1.29, 1.82) is 10.5 Å². The van der Waals surface area contributed by atoms with Gasteiger partial charge in [-0.15, -0.1) is 4.99 Å². The second-order valence-electron chi connectivity index (χ2n) is 6.58. The predicted octanol–water partition coefficient (Wildman–Crippen LogP) is 2.59. The van der Waals surface area contributed by atoms with Gasteiger partial charge in [0.1, 0.15) is 17.4 Å². The third-order valence-corrected chi connectivity index (χ3v) is 5.36. The number of benzene rings is 1. The summed E-state index contributed by atoms with van der Waals surface area (Å²) in [6.07, 6.45) is 1.21. The van der Waals surface area contributed by atoms with Crippen molar-refractivity contribution in [2.45, 2.75) is 38.5 Å². The fraction of sp³-hybridized carbons (Fsp3) is 0.444. The Labute approximate surface area is 156 Å². The number of nitrogens with zero attached hydrogens (tertiary/aromatic N) is 4. The smallest absolute Gasteiger partial charge is 0.303 e.